The molecule has 0 aliphatic carbocycles. The summed E-state index contributed by atoms with van der Waals surface area (Å²) in [6.45, 7) is -1.21. The fraction of sp³-hybridized carbons (Fsp3) is 0.167. The second-order valence-electron chi connectivity index (χ2n) is 5.47. The van der Waals surface area contributed by atoms with E-state index in [4.69, 9.17) is 12.2 Å². The maximum Gasteiger partial charge on any atom is 0.387 e. The lowest BCUT2D eigenvalue weighted by atomic mass is 10.1. The van der Waals surface area contributed by atoms with Gasteiger partial charge in [0.15, 0.2) is 14.1 Å². The van der Waals surface area contributed by atoms with E-state index in [1.807, 2.05) is 30.3 Å². The van der Waals surface area contributed by atoms with E-state index in [0.29, 0.717) is 8.29 Å². The average Bonchev–Trinajstić information content (AvgIpc) is 3.02. The molecule has 9 heteroatoms. The van der Waals surface area contributed by atoms with Crippen LogP contribution in [0.4, 0.5) is 8.78 Å². The Morgan fingerprint density at radius 2 is 2.04 bits per heavy atom. The van der Waals surface area contributed by atoms with Gasteiger partial charge in [0.25, 0.3) is 0 Å². The summed E-state index contributed by atoms with van der Waals surface area (Å²) in [4.78, 5) is 12.5. The van der Waals surface area contributed by atoms with E-state index < -0.39 is 6.61 Å². The van der Waals surface area contributed by atoms with Crippen LogP contribution in [0.2, 0.25) is 0 Å². The third-order valence-corrected chi connectivity index (χ3v) is 5.87. The molecule has 0 saturated carbocycles. The molecule has 0 radical (unpaired) electrons. The van der Waals surface area contributed by atoms with Crippen molar-refractivity contribution in [3.63, 3.8) is 0 Å². The first-order valence-electron chi connectivity index (χ1n) is 7.81. The van der Waals surface area contributed by atoms with Crippen molar-refractivity contribution in [3.05, 3.63) is 63.6 Å². The number of aromatic nitrogens is 2. The van der Waals surface area contributed by atoms with Crippen LogP contribution in [0.25, 0.3) is 5.69 Å². The number of benzene rings is 2. The number of hydrogen-bond donors (Lipinski definition) is 0. The number of hydrogen-bond acceptors (Lipinski definition) is 6. The molecule has 0 aliphatic heterocycles. The molecule has 1 aromatic heterocycles. The number of nitrogens with zero attached hydrogens (tertiary/aromatic N) is 2. The van der Waals surface area contributed by atoms with Crippen molar-refractivity contribution in [1.29, 1.82) is 0 Å². The first-order valence-corrected chi connectivity index (χ1v) is 10.0. The van der Waals surface area contributed by atoms with E-state index in [1.54, 1.807) is 23.7 Å². The van der Waals surface area contributed by atoms with E-state index >= 15 is 0 Å². The van der Waals surface area contributed by atoms with Crippen molar-refractivity contribution in [2.75, 3.05) is 5.75 Å². The third kappa shape index (κ3) is 5.00. The summed E-state index contributed by atoms with van der Waals surface area (Å²) in [5, 5.41) is 4.42. The number of Topliss-reactive ketones (excluding diaryl/α,β-unsaturated/α-hetero) is 1. The topological polar surface area (TPSA) is 44.1 Å². The minimum atomic E-state index is -2.99. The molecule has 27 heavy (non-hydrogen) atoms. The number of ketones is 1. The molecule has 0 unspecified atom stereocenters. The molecule has 4 nitrogen and oxygen atoms in total. The number of rotatable bonds is 7. The van der Waals surface area contributed by atoms with Crippen molar-refractivity contribution in [2.45, 2.75) is 17.9 Å². The molecule has 0 saturated heterocycles. The summed E-state index contributed by atoms with van der Waals surface area (Å²) in [5.74, 6) is -0.393. The smallest absolute Gasteiger partial charge is 0.387 e. The van der Waals surface area contributed by atoms with Crippen LogP contribution in [-0.4, -0.2) is 27.9 Å². The lowest BCUT2D eigenvalue weighted by molar-refractivity contribution is -0.0501. The minimum Gasteiger partial charge on any atom is -0.434 e. The number of halogens is 2. The highest BCUT2D eigenvalue weighted by Crippen LogP contribution is 2.28. The Kier molecular flexibility index (Phi) is 6.35. The van der Waals surface area contributed by atoms with Gasteiger partial charge in [-0.1, -0.05) is 52.9 Å². The van der Waals surface area contributed by atoms with Gasteiger partial charge in [-0.05, 0) is 43.4 Å². The Morgan fingerprint density at radius 1 is 1.30 bits per heavy atom. The first kappa shape index (κ1) is 19.7. The van der Waals surface area contributed by atoms with Gasteiger partial charge >= 0.3 is 6.61 Å². The Bertz CT molecular complexity index is 1000. The number of para-hydroxylation sites is 1. The van der Waals surface area contributed by atoms with Gasteiger partial charge in [-0.3, -0.25) is 4.79 Å². The van der Waals surface area contributed by atoms with E-state index in [0.717, 1.165) is 11.3 Å². The van der Waals surface area contributed by atoms with Crippen LogP contribution < -0.4 is 4.74 Å². The van der Waals surface area contributed by atoms with Gasteiger partial charge in [-0.15, -0.1) is 5.10 Å². The van der Waals surface area contributed by atoms with Gasteiger partial charge < -0.3 is 4.74 Å². The zero-order valence-electron chi connectivity index (χ0n) is 14.1. The Hall–Kier alpha value is -2.10. The SMILES string of the molecule is Cc1ccc(OC(F)F)c(C(=O)CSc2nn(-c3ccccc3)c(=S)s2)c1. The monoisotopic (exact) mass is 424 g/mol. The zero-order chi connectivity index (χ0) is 19.4. The lowest BCUT2D eigenvalue weighted by Gasteiger charge is -2.10. The maximum absolute atomic E-state index is 12.6. The molecule has 3 aromatic rings. The van der Waals surface area contributed by atoms with Crippen molar-refractivity contribution < 1.29 is 18.3 Å². The van der Waals surface area contributed by atoms with Crippen LogP contribution in [0.15, 0.2) is 52.9 Å². The fourth-order valence-corrected chi connectivity index (χ4v) is 4.56. The first-order chi connectivity index (χ1) is 12.9. The molecule has 0 N–H and O–H groups in total. The van der Waals surface area contributed by atoms with E-state index in [2.05, 4.69) is 9.84 Å². The number of ether oxygens (including phenoxy) is 1. The van der Waals surface area contributed by atoms with E-state index in [9.17, 15) is 13.6 Å². The molecule has 0 spiro atoms. The molecular weight excluding hydrogens is 410 g/mol. The number of aryl methyl sites for hydroxylation is 1. The van der Waals surface area contributed by atoms with Crippen molar-refractivity contribution in [2.24, 2.45) is 0 Å². The van der Waals surface area contributed by atoms with E-state index in [1.165, 1.54) is 29.2 Å². The summed E-state index contributed by atoms with van der Waals surface area (Å²) < 4.78 is 32.4. The Morgan fingerprint density at radius 3 is 2.74 bits per heavy atom. The molecule has 2 aromatic carbocycles. The van der Waals surface area contributed by atoms with Gasteiger partial charge in [-0.25, -0.2) is 4.68 Å². The third-order valence-electron chi connectivity index (χ3n) is 3.51. The Labute approximate surface area is 167 Å². The highest BCUT2D eigenvalue weighted by molar-refractivity contribution is 8.01. The highest BCUT2D eigenvalue weighted by atomic mass is 32.2. The summed E-state index contributed by atoms with van der Waals surface area (Å²) in [5.41, 5.74) is 1.76. The van der Waals surface area contributed by atoms with Crippen LogP contribution in [0, 0.1) is 10.9 Å². The van der Waals surface area contributed by atoms with Crippen LogP contribution >= 0.6 is 35.3 Å². The quantitative estimate of drug-likeness (QED) is 0.283. The molecular formula is C18H14F2N2O2S3. The summed E-state index contributed by atoms with van der Waals surface area (Å²) in [7, 11) is 0. The molecule has 140 valence electrons. The lowest BCUT2D eigenvalue weighted by Crippen LogP contribution is -2.10. The molecule has 0 fully saturated rings. The largest absolute Gasteiger partial charge is 0.434 e. The van der Waals surface area contributed by atoms with Crippen molar-refractivity contribution in [3.8, 4) is 11.4 Å². The van der Waals surface area contributed by atoms with Crippen LogP contribution in [0.3, 0.4) is 0 Å². The normalized spacial score (nSPS) is 11.0. The van der Waals surface area contributed by atoms with Gasteiger partial charge in [-0.2, -0.15) is 8.78 Å². The highest BCUT2D eigenvalue weighted by Gasteiger charge is 2.17. The standard InChI is InChI=1S/C18H14F2N2O2S3/c1-11-7-8-15(24-16(19)20)13(9-11)14(23)10-26-17-21-22(18(25)27-17)12-5-3-2-4-6-12/h2-9,16H,10H2,1H3. The van der Waals surface area contributed by atoms with Crippen LogP contribution in [0.1, 0.15) is 15.9 Å². The second-order valence-corrected chi connectivity index (χ2v) is 8.32. The molecule has 0 amide bonds. The molecule has 1 heterocycles. The van der Waals surface area contributed by atoms with Gasteiger partial charge in [0, 0.05) is 0 Å². The maximum atomic E-state index is 12.6. The summed E-state index contributed by atoms with van der Waals surface area (Å²) >= 11 is 7.84. The van der Waals surface area contributed by atoms with Crippen molar-refractivity contribution in [1.82, 2.24) is 9.78 Å². The molecule has 0 aliphatic rings. The second kappa shape index (κ2) is 8.73. The van der Waals surface area contributed by atoms with E-state index in [-0.39, 0.29) is 22.8 Å². The minimum absolute atomic E-state index is 0.0418. The van der Waals surface area contributed by atoms with Crippen molar-refractivity contribution >= 4 is 41.1 Å². The van der Waals surface area contributed by atoms with Crippen LogP contribution in [0.5, 0.6) is 5.75 Å². The molecule has 0 bridgehead atoms. The number of carbonyl (C=O) groups is 1. The zero-order valence-corrected chi connectivity index (χ0v) is 16.5. The number of thioether (sulfide) groups is 1. The number of carbonyl (C=O) groups excluding carboxylic acids is 1. The van der Waals surface area contributed by atoms with Gasteiger partial charge in [0.05, 0.1) is 17.0 Å². The Balaban J connectivity index is 1.75. The molecule has 0 atom stereocenters. The molecule has 3 rings (SSSR count). The summed E-state index contributed by atoms with van der Waals surface area (Å²) in [6, 6.07) is 14.0. The fourth-order valence-electron chi connectivity index (χ4n) is 2.32. The predicted octanol–water partition coefficient (Wildman–Crippen LogP) is 5.55. The van der Waals surface area contributed by atoms with Crippen LogP contribution in [-0.2, 0) is 0 Å². The number of alkyl halides is 2. The van der Waals surface area contributed by atoms with Gasteiger partial charge in [0.1, 0.15) is 5.75 Å². The summed E-state index contributed by atoms with van der Waals surface area (Å²) in [6.07, 6.45) is 0. The average molecular weight is 425 g/mol. The predicted molar refractivity (Wildman–Crippen MR) is 105 cm³/mol. The van der Waals surface area contributed by atoms with Gasteiger partial charge in [0.2, 0.25) is 0 Å².